The summed E-state index contributed by atoms with van der Waals surface area (Å²) < 4.78 is 5.50. The van der Waals surface area contributed by atoms with Gasteiger partial charge in [0.25, 0.3) is 5.89 Å². The number of aryl methyl sites for hydroxylation is 1. The summed E-state index contributed by atoms with van der Waals surface area (Å²) in [5.41, 5.74) is 2.49. The number of carbonyl (C=O) groups is 1. The Bertz CT molecular complexity index is 892. The summed E-state index contributed by atoms with van der Waals surface area (Å²) in [4.78, 5) is 19.9. The lowest BCUT2D eigenvalue weighted by atomic mass is 9.82. The van der Waals surface area contributed by atoms with Crippen molar-refractivity contribution in [3.8, 4) is 11.5 Å². The fourth-order valence-electron chi connectivity index (χ4n) is 4.93. The Morgan fingerprint density at radius 3 is 2.66 bits per heavy atom. The number of fused-ring (bicyclic) bond motifs is 2. The zero-order chi connectivity index (χ0) is 20.0. The van der Waals surface area contributed by atoms with Gasteiger partial charge in [-0.05, 0) is 64.1 Å². The molecule has 7 nitrogen and oxygen atoms in total. The molecule has 2 unspecified atom stereocenters. The van der Waals surface area contributed by atoms with Crippen molar-refractivity contribution >= 4 is 11.7 Å². The molecule has 1 saturated carbocycles. The molecule has 0 spiro atoms. The SMILES string of the molecule is Cc1cccc(-c2nc(C3CC3)no2)c1NC(=O)NC1CC2CCCC(C1)N2C. The van der Waals surface area contributed by atoms with Gasteiger partial charge in [-0.1, -0.05) is 23.7 Å². The van der Waals surface area contributed by atoms with Gasteiger partial charge in [0, 0.05) is 24.0 Å². The molecule has 0 radical (unpaired) electrons. The van der Waals surface area contributed by atoms with Crippen molar-refractivity contribution in [1.82, 2.24) is 20.4 Å². The van der Waals surface area contributed by atoms with E-state index in [-0.39, 0.29) is 12.1 Å². The van der Waals surface area contributed by atoms with Crippen LogP contribution in [-0.4, -0.2) is 46.2 Å². The van der Waals surface area contributed by atoms with Gasteiger partial charge < -0.3 is 20.1 Å². The Labute approximate surface area is 171 Å². The van der Waals surface area contributed by atoms with Crippen LogP contribution in [0.25, 0.3) is 11.5 Å². The molecule has 2 amide bonds. The highest BCUT2D eigenvalue weighted by atomic mass is 16.5. The first-order valence-corrected chi connectivity index (χ1v) is 10.8. The van der Waals surface area contributed by atoms with Crippen LogP contribution in [0.1, 0.15) is 62.3 Å². The zero-order valence-corrected chi connectivity index (χ0v) is 17.1. The van der Waals surface area contributed by atoms with E-state index in [1.165, 1.54) is 19.3 Å². The molecule has 2 saturated heterocycles. The summed E-state index contributed by atoms with van der Waals surface area (Å²) >= 11 is 0. The number of para-hydroxylation sites is 1. The van der Waals surface area contributed by atoms with Crippen LogP contribution in [0.5, 0.6) is 0 Å². The van der Waals surface area contributed by atoms with Crippen molar-refractivity contribution in [2.24, 2.45) is 0 Å². The molecular formula is C22H29N5O2. The van der Waals surface area contributed by atoms with E-state index in [1.807, 2.05) is 25.1 Å². The van der Waals surface area contributed by atoms with E-state index in [0.29, 0.717) is 23.9 Å². The van der Waals surface area contributed by atoms with E-state index >= 15 is 0 Å². The zero-order valence-electron chi connectivity index (χ0n) is 17.1. The van der Waals surface area contributed by atoms with Gasteiger partial charge >= 0.3 is 6.03 Å². The van der Waals surface area contributed by atoms with Crippen LogP contribution in [0, 0.1) is 6.92 Å². The van der Waals surface area contributed by atoms with Crippen molar-refractivity contribution < 1.29 is 9.32 Å². The normalized spacial score (nSPS) is 26.9. The Kier molecular flexibility index (Phi) is 4.78. The lowest BCUT2D eigenvalue weighted by molar-refractivity contribution is 0.0513. The first-order chi connectivity index (χ1) is 14.1. The van der Waals surface area contributed by atoms with Gasteiger partial charge in [-0.2, -0.15) is 4.98 Å². The first kappa shape index (κ1) is 18.6. The largest absolute Gasteiger partial charge is 0.335 e. The number of piperidine rings is 2. The Balaban J connectivity index is 1.30. The highest BCUT2D eigenvalue weighted by molar-refractivity contribution is 5.94. The molecular weight excluding hydrogens is 366 g/mol. The maximum Gasteiger partial charge on any atom is 0.319 e. The minimum absolute atomic E-state index is 0.157. The third-order valence-electron chi connectivity index (χ3n) is 6.80. The predicted octanol–water partition coefficient (Wildman–Crippen LogP) is 4.06. The monoisotopic (exact) mass is 395 g/mol. The van der Waals surface area contributed by atoms with Gasteiger partial charge in [-0.15, -0.1) is 0 Å². The quantitative estimate of drug-likeness (QED) is 0.816. The van der Waals surface area contributed by atoms with Gasteiger partial charge in [-0.25, -0.2) is 4.79 Å². The second-order valence-electron chi connectivity index (χ2n) is 8.90. The number of rotatable bonds is 4. The Morgan fingerprint density at radius 1 is 1.17 bits per heavy atom. The second kappa shape index (κ2) is 7.44. The maximum absolute atomic E-state index is 12.8. The van der Waals surface area contributed by atoms with E-state index < -0.39 is 0 Å². The molecule has 1 aromatic carbocycles. The smallest absolute Gasteiger partial charge is 0.319 e. The molecule has 154 valence electrons. The summed E-state index contributed by atoms with van der Waals surface area (Å²) in [6, 6.07) is 7.09. The van der Waals surface area contributed by atoms with E-state index in [1.54, 1.807) is 0 Å². The fraction of sp³-hybridized carbons (Fsp3) is 0.591. The summed E-state index contributed by atoms with van der Waals surface area (Å²) in [5, 5.41) is 10.4. The van der Waals surface area contributed by atoms with Gasteiger partial charge in [0.15, 0.2) is 5.82 Å². The Morgan fingerprint density at radius 2 is 1.93 bits per heavy atom. The molecule has 2 aliphatic heterocycles. The van der Waals surface area contributed by atoms with Crippen molar-refractivity contribution in [2.45, 2.75) is 75.9 Å². The van der Waals surface area contributed by atoms with Gasteiger partial charge in [0.1, 0.15) is 0 Å². The average molecular weight is 396 g/mol. The van der Waals surface area contributed by atoms with Crippen LogP contribution >= 0.6 is 0 Å². The number of urea groups is 1. The van der Waals surface area contributed by atoms with Gasteiger partial charge in [0.2, 0.25) is 0 Å². The molecule has 29 heavy (non-hydrogen) atoms. The molecule has 7 heteroatoms. The third kappa shape index (κ3) is 3.75. The number of hydrogen-bond acceptors (Lipinski definition) is 5. The molecule has 1 aromatic heterocycles. The highest BCUT2D eigenvalue weighted by Gasteiger charge is 2.36. The van der Waals surface area contributed by atoms with Crippen LogP contribution in [0.15, 0.2) is 22.7 Å². The topological polar surface area (TPSA) is 83.3 Å². The minimum Gasteiger partial charge on any atom is -0.335 e. The number of nitrogens with one attached hydrogen (secondary N) is 2. The maximum atomic E-state index is 12.8. The summed E-state index contributed by atoms with van der Waals surface area (Å²) in [6.07, 6.45) is 8.06. The average Bonchev–Trinajstić information content (AvgIpc) is 3.41. The molecule has 3 heterocycles. The van der Waals surface area contributed by atoms with E-state index in [0.717, 1.165) is 48.3 Å². The minimum atomic E-state index is -0.157. The summed E-state index contributed by atoms with van der Waals surface area (Å²) in [5.74, 6) is 1.68. The molecule has 2 atom stereocenters. The number of anilines is 1. The van der Waals surface area contributed by atoms with Crippen molar-refractivity contribution in [3.05, 3.63) is 29.6 Å². The molecule has 2 N–H and O–H groups in total. The van der Waals surface area contributed by atoms with Crippen molar-refractivity contribution in [2.75, 3.05) is 12.4 Å². The van der Waals surface area contributed by atoms with Crippen molar-refractivity contribution in [1.29, 1.82) is 0 Å². The number of nitrogens with zero attached hydrogens (tertiary/aromatic N) is 3. The number of amides is 2. The van der Waals surface area contributed by atoms with Crippen LogP contribution in [0.4, 0.5) is 10.5 Å². The van der Waals surface area contributed by atoms with E-state index in [2.05, 4.69) is 32.7 Å². The van der Waals surface area contributed by atoms with Gasteiger partial charge in [0.05, 0.1) is 11.3 Å². The predicted molar refractivity (Wildman–Crippen MR) is 111 cm³/mol. The molecule has 1 aliphatic carbocycles. The molecule has 2 bridgehead atoms. The highest BCUT2D eigenvalue weighted by Crippen LogP contribution is 2.40. The first-order valence-electron chi connectivity index (χ1n) is 10.8. The molecule has 5 rings (SSSR count). The fourth-order valence-corrected chi connectivity index (χ4v) is 4.93. The van der Waals surface area contributed by atoms with Crippen LogP contribution in [0.3, 0.4) is 0 Å². The van der Waals surface area contributed by atoms with Crippen LogP contribution < -0.4 is 10.6 Å². The number of hydrogen-bond donors (Lipinski definition) is 2. The standard InChI is InChI=1S/C22H29N5O2/c1-13-5-3-8-18(21-25-20(26-29-21)14-9-10-14)19(13)24-22(28)23-15-11-16-6-4-7-17(12-15)27(16)2/h3,5,8,14-17H,4,6-7,9-12H2,1-2H3,(H2,23,24,28). The lowest BCUT2D eigenvalue weighted by Crippen LogP contribution is -2.55. The van der Waals surface area contributed by atoms with Crippen LogP contribution in [0.2, 0.25) is 0 Å². The van der Waals surface area contributed by atoms with Crippen molar-refractivity contribution in [3.63, 3.8) is 0 Å². The second-order valence-corrected chi connectivity index (χ2v) is 8.90. The molecule has 3 fully saturated rings. The number of aromatic nitrogens is 2. The summed E-state index contributed by atoms with van der Waals surface area (Å²) in [6.45, 7) is 1.98. The van der Waals surface area contributed by atoms with E-state index in [9.17, 15) is 4.79 Å². The number of carbonyl (C=O) groups excluding carboxylic acids is 1. The van der Waals surface area contributed by atoms with Crippen LogP contribution in [-0.2, 0) is 0 Å². The van der Waals surface area contributed by atoms with Gasteiger partial charge in [-0.3, -0.25) is 0 Å². The Hall–Kier alpha value is -2.41. The number of benzene rings is 1. The molecule has 3 aliphatic rings. The van der Waals surface area contributed by atoms with E-state index in [4.69, 9.17) is 4.52 Å². The third-order valence-corrected chi connectivity index (χ3v) is 6.80. The summed E-state index contributed by atoms with van der Waals surface area (Å²) in [7, 11) is 2.23. The molecule has 2 aromatic rings. The lowest BCUT2D eigenvalue weighted by Gasteiger charge is -2.47.